The van der Waals surface area contributed by atoms with Gasteiger partial charge in [0.1, 0.15) is 0 Å². The number of hydrogen-bond acceptors (Lipinski definition) is 0. The number of halogens is 14. The van der Waals surface area contributed by atoms with Crippen molar-refractivity contribution in [2.24, 2.45) is 5.92 Å². The van der Waals surface area contributed by atoms with Gasteiger partial charge in [0.15, 0.2) is 0 Å². The van der Waals surface area contributed by atoms with Crippen molar-refractivity contribution in [1.29, 1.82) is 0 Å². The molecule has 1 unspecified atom stereocenters. The van der Waals surface area contributed by atoms with Crippen molar-refractivity contribution >= 4 is 0 Å². The molecule has 0 nitrogen and oxygen atoms in total. The highest BCUT2D eigenvalue weighted by Gasteiger charge is 2.91. The van der Waals surface area contributed by atoms with Gasteiger partial charge >= 0.3 is 35.8 Å². The minimum Gasteiger partial charge on any atom is -0.251 e. The SMILES string of the molecule is CCCCCCCCCCCCCCCCCCCCC[CH]C(CCCCCCCCCCCCF)C(F)(F)C(F)(F)C(F)(F)C(F)(F)C(F)(F)C(F)(F)F. The highest BCUT2D eigenvalue weighted by atomic mass is 19.4. The van der Waals surface area contributed by atoms with Gasteiger partial charge in [0.25, 0.3) is 0 Å². The lowest BCUT2D eigenvalue weighted by atomic mass is 9.82. The van der Waals surface area contributed by atoms with E-state index in [-0.39, 0.29) is 25.7 Å². The fraction of sp³-hybridized carbons (Fsp3) is 0.976. The lowest BCUT2D eigenvalue weighted by molar-refractivity contribution is -0.442. The fourth-order valence-electron chi connectivity index (χ4n) is 6.88. The lowest BCUT2D eigenvalue weighted by Crippen LogP contribution is -2.71. The Morgan fingerprint density at radius 2 is 0.636 bits per heavy atom. The summed E-state index contributed by atoms with van der Waals surface area (Å²) in [5.74, 6) is -39.5. The van der Waals surface area contributed by atoms with Crippen LogP contribution in [-0.2, 0) is 0 Å². The van der Waals surface area contributed by atoms with Crippen molar-refractivity contribution in [2.45, 2.75) is 242 Å². The molecule has 0 aromatic rings. The van der Waals surface area contributed by atoms with Gasteiger partial charge in [0.2, 0.25) is 0 Å². The van der Waals surface area contributed by atoms with Crippen LogP contribution in [0.25, 0.3) is 0 Å². The second kappa shape index (κ2) is 28.4. The molecule has 0 aromatic heterocycles. The molecule has 1 atom stereocenters. The Hall–Kier alpha value is -0.980. The molecule has 0 aliphatic carbocycles. The largest absolute Gasteiger partial charge is 0.460 e. The Labute approximate surface area is 322 Å². The summed E-state index contributed by atoms with van der Waals surface area (Å²) in [5.41, 5.74) is 0. The molecule has 1 radical (unpaired) electrons. The minimum atomic E-state index is -7.88. The smallest absolute Gasteiger partial charge is 0.251 e. The molecular formula is C41H69F14. The van der Waals surface area contributed by atoms with Crippen molar-refractivity contribution in [2.75, 3.05) is 6.67 Å². The lowest BCUT2D eigenvalue weighted by Gasteiger charge is -2.42. The quantitative estimate of drug-likeness (QED) is 0.0430. The molecule has 55 heavy (non-hydrogen) atoms. The van der Waals surface area contributed by atoms with Crippen molar-refractivity contribution in [3.05, 3.63) is 6.42 Å². The summed E-state index contributed by atoms with van der Waals surface area (Å²) in [4.78, 5) is 0. The van der Waals surface area contributed by atoms with Gasteiger partial charge in [-0.05, 0) is 25.7 Å². The maximum atomic E-state index is 15.2. The first-order valence-electron chi connectivity index (χ1n) is 21.1. The molecule has 0 aromatic carbocycles. The van der Waals surface area contributed by atoms with E-state index in [2.05, 4.69) is 6.92 Å². The van der Waals surface area contributed by atoms with Crippen molar-refractivity contribution < 1.29 is 61.5 Å². The molecule has 0 aliphatic rings. The normalized spacial score (nSPS) is 14.2. The third-order valence-electron chi connectivity index (χ3n) is 10.6. The average molecular weight is 828 g/mol. The van der Waals surface area contributed by atoms with Gasteiger partial charge in [-0.1, -0.05) is 187 Å². The molecule has 0 fully saturated rings. The van der Waals surface area contributed by atoms with Crippen LogP contribution in [0, 0.1) is 12.3 Å². The van der Waals surface area contributed by atoms with E-state index in [1.165, 1.54) is 70.6 Å². The van der Waals surface area contributed by atoms with Crippen molar-refractivity contribution in [1.82, 2.24) is 0 Å². The second-order valence-corrected chi connectivity index (χ2v) is 15.4. The molecule has 0 aliphatic heterocycles. The third-order valence-corrected chi connectivity index (χ3v) is 10.6. The van der Waals surface area contributed by atoms with Crippen LogP contribution in [-0.4, -0.2) is 42.5 Å². The van der Waals surface area contributed by atoms with E-state index in [0.717, 1.165) is 64.2 Å². The maximum Gasteiger partial charge on any atom is 0.460 e. The molecule has 0 heterocycles. The van der Waals surface area contributed by atoms with Crippen LogP contribution < -0.4 is 0 Å². The Balaban J connectivity index is 4.91. The molecule has 0 spiro atoms. The van der Waals surface area contributed by atoms with E-state index in [0.29, 0.717) is 38.5 Å². The predicted octanol–water partition coefficient (Wildman–Crippen LogP) is 17.6. The predicted molar refractivity (Wildman–Crippen MR) is 193 cm³/mol. The summed E-state index contributed by atoms with van der Waals surface area (Å²) in [6.45, 7) is 1.81. The van der Waals surface area contributed by atoms with Gasteiger partial charge in [-0.3, -0.25) is 4.39 Å². The summed E-state index contributed by atoms with van der Waals surface area (Å²) >= 11 is 0. The van der Waals surface area contributed by atoms with Crippen LogP contribution in [0.2, 0.25) is 0 Å². The molecule has 0 bridgehead atoms. The summed E-state index contributed by atoms with van der Waals surface area (Å²) in [6, 6.07) is 0. The van der Waals surface area contributed by atoms with Gasteiger partial charge in [0, 0.05) is 5.92 Å². The Kier molecular flexibility index (Phi) is 27.9. The van der Waals surface area contributed by atoms with Crippen LogP contribution >= 0.6 is 0 Å². The van der Waals surface area contributed by atoms with Gasteiger partial charge in [-0.15, -0.1) is 0 Å². The second-order valence-electron chi connectivity index (χ2n) is 15.4. The van der Waals surface area contributed by atoms with E-state index in [1.54, 1.807) is 0 Å². The summed E-state index contributed by atoms with van der Waals surface area (Å²) in [7, 11) is 0. The summed E-state index contributed by atoms with van der Waals surface area (Å²) in [5, 5.41) is 0. The zero-order valence-corrected chi connectivity index (χ0v) is 33.1. The zero-order valence-electron chi connectivity index (χ0n) is 33.1. The fourth-order valence-corrected chi connectivity index (χ4v) is 6.88. The van der Waals surface area contributed by atoms with Crippen LogP contribution in [0.15, 0.2) is 0 Å². The Bertz CT molecular complexity index is 904. The molecular weight excluding hydrogens is 758 g/mol. The van der Waals surface area contributed by atoms with E-state index in [4.69, 9.17) is 0 Å². The zero-order chi connectivity index (χ0) is 41.9. The minimum absolute atomic E-state index is 0.181. The van der Waals surface area contributed by atoms with Gasteiger partial charge in [-0.2, -0.15) is 57.1 Å². The summed E-state index contributed by atoms with van der Waals surface area (Å²) in [6.07, 6.45) is 17.8. The summed E-state index contributed by atoms with van der Waals surface area (Å²) < 4.78 is 193. The molecule has 0 saturated heterocycles. The number of rotatable bonds is 38. The first-order chi connectivity index (χ1) is 25.8. The van der Waals surface area contributed by atoms with E-state index < -0.39 is 54.8 Å². The number of hydrogen-bond donors (Lipinski definition) is 0. The molecule has 0 saturated carbocycles. The van der Waals surface area contributed by atoms with Crippen molar-refractivity contribution in [3.8, 4) is 0 Å². The standard InChI is InChI=1S/C41H69F14/c1-2-3-4-5-6-7-8-9-10-11-12-13-14-15-16-17-20-23-26-29-32-35(33-30-27-24-21-18-19-22-25-28-31-34-42)36(43,44)37(45,46)38(47,48)39(49,50)40(51,52)41(53,54)55/h32,35H,2-31,33-34H2,1H3. The van der Waals surface area contributed by atoms with Crippen molar-refractivity contribution in [3.63, 3.8) is 0 Å². The van der Waals surface area contributed by atoms with Crippen LogP contribution in [0.5, 0.6) is 0 Å². The van der Waals surface area contributed by atoms with Crippen LogP contribution in [0.3, 0.4) is 0 Å². The topological polar surface area (TPSA) is 0 Å². The van der Waals surface area contributed by atoms with Crippen LogP contribution in [0.1, 0.15) is 206 Å². The number of unbranched alkanes of at least 4 members (excludes halogenated alkanes) is 28. The van der Waals surface area contributed by atoms with E-state index in [9.17, 15) is 52.7 Å². The van der Waals surface area contributed by atoms with Gasteiger partial charge in [-0.25, -0.2) is 0 Å². The Morgan fingerprint density at radius 1 is 0.345 bits per heavy atom. The maximum absolute atomic E-state index is 15.2. The molecule has 331 valence electrons. The molecule has 14 heteroatoms. The molecule has 0 N–H and O–H groups in total. The Morgan fingerprint density at radius 3 is 0.964 bits per heavy atom. The first kappa shape index (κ1) is 54.0. The molecule has 0 rings (SSSR count). The van der Waals surface area contributed by atoms with E-state index >= 15 is 8.78 Å². The van der Waals surface area contributed by atoms with Gasteiger partial charge in [0.05, 0.1) is 6.67 Å². The van der Waals surface area contributed by atoms with E-state index in [1.807, 2.05) is 0 Å². The third kappa shape index (κ3) is 19.1. The monoisotopic (exact) mass is 828 g/mol. The average Bonchev–Trinajstić information content (AvgIpc) is 3.11. The van der Waals surface area contributed by atoms with Crippen LogP contribution in [0.4, 0.5) is 61.5 Å². The highest BCUT2D eigenvalue weighted by molar-refractivity contribution is 5.12. The highest BCUT2D eigenvalue weighted by Crippen LogP contribution is 2.61. The number of alkyl halides is 14. The molecule has 0 amide bonds. The van der Waals surface area contributed by atoms with Gasteiger partial charge < -0.3 is 0 Å². The first-order valence-corrected chi connectivity index (χ1v) is 21.1.